The molecule has 0 radical (unpaired) electrons. The molecule has 1 unspecified atom stereocenters. The third-order valence-corrected chi connectivity index (χ3v) is 4.83. The van der Waals surface area contributed by atoms with Gasteiger partial charge in [0, 0.05) is 25.9 Å². The Morgan fingerprint density at radius 2 is 1.68 bits per heavy atom. The van der Waals surface area contributed by atoms with Crippen LogP contribution in [0, 0.1) is 0 Å². The van der Waals surface area contributed by atoms with Gasteiger partial charge < -0.3 is 10.2 Å². The van der Waals surface area contributed by atoms with Gasteiger partial charge in [0.25, 0.3) is 0 Å². The van der Waals surface area contributed by atoms with E-state index in [-0.39, 0.29) is 23.8 Å². The number of hydrogen-bond acceptors (Lipinski definition) is 2. The molecule has 2 aromatic rings. The first-order chi connectivity index (χ1) is 12.1. The number of amides is 2. The summed E-state index contributed by atoms with van der Waals surface area (Å²) in [6.45, 7) is 2.73. The van der Waals surface area contributed by atoms with Gasteiger partial charge in [-0.2, -0.15) is 0 Å². The third-order valence-electron chi connectivity index (χ3n) is 4.83. The lowest BCUT2D eigenvalue weighted by Crippen LogP contribution is -2.45. The Morgan fingerprint density at radius 1 is 1.04 bits per heavy atom. The van der Waals surface area contributed by atoms with Crippen LogP contribution in [0.15, 0.2) is 60.7 Å². The topological polar surface area (TPSA) is 49.4 Å². The molecule has 1 aliphatic rings. The molecule has 4 heteroatoms. The zero-order valence-electron chi connectivity index (χ0n) is 14.5. The number of hydrogen-bond donors (Lipinski definition) is 1. The Morgan fingerprint density at radius 3 is 2.32 bits per heavy atom. The summed E-state index contributed by atoms with van der Waals surface area (Å²) >= 11 is 0. The fourth-order valence-corrected chi connectivity index (χ4v) is 3.49. The maximum atomic E-state index is 12.6. The highest BCUT2D eigenvalue weighted by atomic mass is 16.2. The van der Waals surface area contributed by atoms with Crippen molar-refractivity contribution in [3.8, 4) is 0 Å². The summed E-state index contributed by atoms with van der Waals surface area (Å²) in [5, 5.41) is 3.00. The molecule has 0 aromatic heterocycles. The van der Waals surface area contributed by atoms with Crippen LogP contribution in [0.4, 0.5) is 0 Å². The van der Waals surface area contributed by atoms with E-state index < -0.39 is 0 Å². The minimum Gasteiger partial charge on any atom is -0.354 e. The Hall–Kier alpha value is -2.62. The lowest BCUT2D eigenvalue weighted by atomic mass is 9.96. The van der Waals surface area contributed by atoms with E-state index in [0.717, 1.165) is 6.42 Å². The molecule has 0 aliphatic carbocycles. The average molecular weight is 336 g/mol. The second-order valence-electron chi connectivity index (χ2n) is 6.56. The second kappa shape index (κ2) is 7.97. The first-order valence-electron chi connectivity index (χ1n) is 8.79. The lowest BCUT2D eigenvalue weighted by molar-refractivity contribution is -0.136. The lowest BCUT2D eigenvalue weighted by Gasteiger charge is -2.22. The molecule has 2 amide bonds. The molecule has 25 heavy (non-hydrogen) atoms. The highest BCUT2D eigenvalue weighted by Crippen LogP contribution is 2.31. The van der Waals surface area contributed by atoms with Gasteiger partial charge in [-0.1, -0.05) is 60.7 Å². The standard InChI is InChI=1S/C21H24N2O2/c1-16(24)23-15-19(18-10-6-3-7-11-18)14-20(23)21(25)22-13-12-17-8-4-2-5-9-17/h2-11,19-20H,12-15H2,1H3,(H,22,25)/t19-,20?/m0/s1. The van der Waals surface area contributed by atoms with Crippen molar-refractivity contribution in [3.05, 3.63) is 71.8 Å². The number of carbonyl (C=O) groups excluding carboxylic acids is 2. The van der Waals surface area contributed by atoms with Gasteiger partial charge in [0.1, 0.15) is 6.04 Å². The van der Waals surface area contributed by atoms with Crippen LogP contribution in [-0.4, -0.2) is 35.8 Å². The van der Waals surface area contributed by atoms with E-state index in [0.29, 0.717) is 19.5 Å². The van der Waals surface area contributed by atoms with Crippen molar-refractivity contribution in [2.75, 3.05) is 13.1 Å². The monoisotopic (exact) mass is 336 g/mol. The Balaban J connectivity index is 1.60. The van der Waals surface area contributed by atoms with E-state index >= 15 is 0 Å². The summed E-state index contributed by atoms with van der Waals surface area (Å²) in [7, 11) is 0. The summed E-state index contributed by atoms with van der Waals surface area (Å²) in [4.78, 5) is 26.3. The second-order valence-corrected chi connectivity index (χ2v) is 6.56. The molecule has 2 aromatic carbocycles. The first kappa shape index (κ1) is 17.2. The molecule has 3 rings (SSSR count). The third kappa shape index (κ3) is 4.27. The van der Waals surface area contributed by atoms with Gasteiger partial charge in [0.05, 0.1) is 0 Å². The number of nitrogens with zero attached hydrogens (tertiary/aromatic N) is 1. The quantitative estimate of drug-likeness (QED) is 0.913. The van der Waals surface area contributed by atoms with Crippen LogP contribution in [0.5, 0.6) is 0 Å². The molecule has 1 saturated heterocycles. The Labute approximate surface area is 148 Å². The van der Waals surface area contributed by atoms with Crippen LogP contribution in [-0.2, 0) is 16.0 Å². The van der Waals surface area contributed by atoms with Gasteiger partial charge >= 0.3 is 0 Å². The number of carbonyl (C=O) groups is 2. The molecule has 1 N–H and O–H groups in total. The molecule has 4 nitrogen and oxygen atoms in total. The normalized spacial score (nSPS) is 19.6. The number of likely N-dealkylation sites (tertiary alicyclic amines) is 1. The van der Waals surface area contributed by atoms with Gasteiger partial charge in [0.15, 0.2) is 0 Å². The van der Waals surface area contributed by atoms with Gasteiger partial charge in [-0.05, 0) is 24.0 Å². The van der Waals surface area contributed by atoms with Crippen molar-refractivity contribution >= 4 is 11.8 Å². The highest BCUT2D eigenvalue weighted by Gasteiger charge is 2.38. The van der Waals surface area contributed by atoms with E-state index in [1.807, 2.05) is 36.4 Å². The summed E-state index contributed by atoms with van der Waals surface area (Å²) in [5.41, 5.74) is 2.38. The van der Waals surface area contributed by atoms with Crippen molar-refractivity contribution in [2.24, 2.45) is 0 Å². The van der Waals surface area contributed by atoms with Gasteiger partial charge in [-0.3, -0.25) is 9.59 Å². The molecular formula is C21H24N2O2. The zero-order valence-corrected chi connectivity index (χ0v) is 14.5. The fraction of sp³-hybridized carbons (Fsp3) is 0.333. The molecule has 0 spiro atoms. The van der Waals surface area contributed by atoms with E-state index in [4.69, 9.17) is 0 Å². The summed E-state index contributed by atoms with van der Waals surface area (Å²) < 4.78 is 0. The molecule has 1 heterocycles. The predicted molar refractivity (Wildman–Crippen MR) is 98.1 cm³/mol. The number of nitrogens with one attached hydrogen (secondary N) is 1. The first-order valence-corrected chi connectivity index (χ1v) is 8.79. The Bertz CT molecular complexity index is 715. The smallest absolute Gasteiger partial charge is 0.242 e. The van der Waals surface area contributed by atoms with Crippen molar-refractivity contribution in [3.63, 3.8) is 0 Å². The van der Waals surface area contributed by atoms with Gasteiger partial charge in [-0.15, -0.1) is 0 Å². The summed E-state index contributed by atoms with van der Waals surface area (Å²) in [5.74, 6) is 0.126. The van der Waals surface area contributed by atoms with Crippen molar-refractivity contribution < 1.29 is 9.59 Å². The maximum Gasteiger partial charge on any atom is 0.242 e. The molecule has 1 aliphatic heterocycles. The van der Waals surface area contributed by atoms with Crippen LogP contribution in [0.1, 0.15) is 30.4 Å². The van der Waals surface area contributed by atoms with Gasteiger partial charge in [-0.25, -0.2) is 0 Å². The largest absolute Gasteiger partial charge is 0.354 e. The van der Waals surface area contributed by atoms with Crippen molar-refractivity contribution in [1.82, 2.24) is 10.2 Å². The van der Waals surface area contributed by atoms with Gasteiger partial charge in [0.2, 0.25) is 11.8 Å². The van der Waals surface area contributed by atoms with Crippen LogP contribution in [0.2, 0.25) is 0 Å². The van der Waals surface area contributed by atoms with E-state index in [2.05, 4.69) is 29.6 Å². The SMILES string of the molecule is CC(=O)N1C[C@@H](c2ccccc2)CC1C(=O)NCCc1ccccc1. The molecule has 130 valence electrons. The Kier molecular flexibility index (Phi) is 5.49. The minimum atomic E-state index is -0.376. The van der Waals surface area contributed by atoms with E-state index in [1.165, 1.54) is 18.1 Å². The molecule has 0 saturated carbocycles. The zero-order chi connectivity index (χ0) is 17.6. The molecule has 0 bridgehead atoms. The number of rotatable bonds is 5. The molecule has 1 fully saturated rings. The highest BCUT2D eigenvalue weighted by molar-refractivity contribution is 5.87. The van der Waals surface area contributed by atoms with Crippen molar-refractivity contribution in [1.29, 1.82) is 0 Å². The predicted octanol–water partition coefficient (Wildman–Crippen LogP) is 2.75. The fourth-order valence-electron chi connectivity index (χ4n) is 3.49. The maximum absolute atomic E-state index is 12.6. The number of benzene rings is 2. The van der Waals surface area contributed by atoms with E-state index in [9.17, 15) is 9.59 Å². The van der Waals surface area contributed by atoms with Crippen LogP contribution in [0.3, 0.4) is 0 Å². The summed E-state index contributed by atoms with van der Waals surface area (Å²) in [6, 6.07) is 19.8. The summed E-state index contributed by atoms with van der Waals surface area (Å²) in [6.07, 6.45) is 1.47. The van der Waals surface area contributed by atoms with Crippen molar-refractivity contribution in [2.45, 2.75) is 31.7 Å². The molecular weight excluding hydrogens is 312 g/mol. The molecule has 2 atom stereocenters. The van der Waals surface area contributed by atoms with Crippen LogP contribution in [0.25, 0.3) is 0 Å². The van der Waals surface area contributed by atoms with E-state index in [1.54, 1.807) is 4.90 Å². The van der Waals surface area contributed by atoms with Crippen LogP contribution < -0.4 is 5.32 Å². The van der Waals surface area contributed by atoms with Crippen LogP contribution >= 0.6 is 0 Å². The average Bonchev–Trinajstić information content (AvgIpc) is 3.09. The minimum absolute atomic E-state index is 0.0401.